The molecule has 8 nitrogen and oxygen atoms in total. The summed E-state index contributed by atoms with van der Waals surface area (Å²) in [4.78, 5) is 13.6. The first-order valence-corrected chi connectivity index (χ1v) is 10.4. The van der Waals surface area contributed by atoms with E-state index in [-0.39, 0.29) is 6.54 Å². The number of cyclic esters (lactones) is 1. The zero-order chi connectivity index (χ0) is 19.7. The van der Waals surface area contributed by atoms with Crippen molar-refractivity contribution in [2.75, 3.05) is 23.0 Å². The van der Waals surface area contributed by atoms with Crippen LogP contribution in [0.4, 0.5) is 14.9 Å². The maximum atomic E-state index is 14.9. The Kier molecular flexibility index (Phi) is 4.85. The van der Waals surface area contributed by atoms with Crippen molar-refractivity contribution in [1.29, 1.82) is 5.26 Å². The Labute approximate surface area is 163 Å². The summed E-state index contributed by atoms with van der Waals surface area (Å²) in [7, 11) is -0.952. The van der Waals surface area contributed by atoms with Gasteiger partial charge in [-0.05, 0) is 25.0 Å². The van der Waals surface area contributed by atoms with Crippen molar-refractivity contribution in [2.45, 2.75) is 30.9 Å². The first kappa shape index (κ1) is 18.6. The van der Waals surface area contributed by atoms with Gasteiger partial charge in [-0.2, -0.15) is 5.26 Å². The highest BCUT2D eigenvalue weighted by Crippen LogP contribution is 2.38. The van der Waals surface area contributed by atoms with E-state index in [1.807, 2.05) is 0 Å². The molecule has 3 heterocycles. The molecule has 1 aromatic heterocycles. The number of nitrogens with zero attached hydrogens (tertiary/aromatic N) is 5. The summed E-state index contributed by atoms with van der Waals surface area (Å²) < 4.78 is 33.4. The average Bonchev–Trinajstić information content (AvgIpc) is 3.33. The molecule has 0 spiro atoms. The first-order chi connectivity index (χ1) is 13.5. The van der Waals surface area contributed by atoms with Gasteiger partial charge in [0.25, 0.3) is 0 Å². The molecule has 1 amide bonds. The highest BCUT2D eigenvalue weighted by atomic mass is 32.2. The summed E-state index contributed by atoms with van der Waals surface area (Å²) in [6.07, 6.45) is 2.95. The zero-order valence-corrected chi connectivity index (χ0v) is 15.8. The minimum atomic E-state index is -0.975. The number of carbonyl (C=O) groups excluding carboxylic acids is 1. The van der Waals surface area contributed by atoms with Crippen LogP contribution in [-0.4, -0.2) is 49.5 Å². The molecule has 10 heteroatoms. The van der Waals surface area contributed by atoms with E-state index < -0.39 is 34.2 Å². The largest absolute Gasteiger partial charge is 0.442 e. The summed E-state index contributed by atoms with van der Waals surface area (Å²) in [6, 6.07) is 6.68. The number of hydrogen-bond donors (Lipinski definition) is 0. The predicted octanol–water partition coefficient (Wildman–Crippen LogP) is 1.75. The second-order valence-corrected chi connectivity index (χ2v) is 8.64. The summed E-state index contributed by atoms with van der Waals surface area (Å²) in [6.45, 7) is 0.622. The van der Waals surface area contributed by atoms with Gasteiger partial charge in [0.2, 0.25) is 0 Å². The van der Waals surface area contributed by atoms with Crippen molar-refractivity contribution in [3.63, 3.8) is 0 Å². The van der Waals surface area contributed by atoms with Crippen LogP contribution in [0.15, 0.2) is 30.6 Å². The van der Waals surface area contributed by atoms with Gasteiger partial charge in [0.05, 0.1) is 36.5 Å². The number of carbonyl (C=O) groups is 1. The van der Waals surface area contributed by atoms with Gasteiger partial charge in [-0.3, -0.25) is 9.11 Å². The van der Waals surface area contributed by atoms with E-state index in [2.05, 4.69) is 16.4 Å². The Morgan fingerprint density at radius 1 is 1.39 bits per heavy atom. The number of ether oxygens (including phenoxy) is 1. The second-order valence-electron chi connectivity index (χ2n) is 6.95. The Morgan fingerprint density at radius 3 is 2.82 bits per heavy atom. The topological polar surface area (TPSA) is 101 Å². The number of nitriles is 1. The van der Waals surface area contributed by atoms with Crippen LogP contribution in [0.25, 0.3) is 0 Å². The summed E-state index contributed by atoms with van der Waals surface area (Å²) in [5.41, 5.74) is -0.306. The fourth-order valence-electron chi connectivity index (χ4n) is 3.67. The van der Waals surface area contributed by atoms with Crippen molar-refractivity contribution in [2.24, 2.45) is 0 Å². The predicted molar refractivity (Wildman–Crippen MR) is 98.4 cm³/mol. The van der Waals surface area contributed by atoms with Crippen LogP contribution in [0.2, 0.25) is 0 Å². The number of benzene rings is 1. The van der Waals surface area contributed by atoms with Gasteiger partial charge in [0, 0.05) is 34.1 Å². The van der Waals surface area contributed by atoms with Crippen molar-refractivity contribution in [3.05, 3.63) is 42.0 Å². The Morgan fingerprint density at radius 2 is 2.18 bits per heavy atom. The van der Waals surface area contributed by atoms with E-state index in [9.17, 15) is 18.7 Å². The molecule has 0 radical (unpaired) electrons. The molecule has 0 saturated carbocycles. The number of aromatic nitrogens is 3. The monoisotopic (exact) mass is 403 g/mol. The van der Waals surface area contributed by atoms with Gasteiger partial charge in [-0.1, -0.05) is 11.3 Å². The van der Waals surface area contributed by atoms with Crippen LogP contribution < -0.4 is 4.90 Å². The number of anilines is 1. The van der Waals surface area contributed by atoms with E-state index in [4.69, 9.17) is 4.74 Å². The van der Waals surface area contributed by atoms with Crippen LogP contribution in [0.5, 0.6) is 0 Å². The first-order valence-electron chi connectivity index (χ1n) is 8.89. The molecule has 0 N–H and O–H groups in total. The van der Waals surface area contributed by atoms with E-state index in [0.717, 1.165) is 0 Å². The molecule has 2 aromatic rings. The molecule has 2 aliphatic heterocycles. The molecule has 2 fully saturated rings. The lowest BCUT2D eigenvalue weighted by molar-refractivity contribution is 0.129. The number of rotatable bonds is 4. The fourth-order valence-corrected chi connectivity index (χ4v) is 5.03. The quantitative estimate of drug-likeness (QED) is 0.771. The van der Waals surface area contributed by atoms with E-state index in [0.29, 0.717) is 42.1 Å². The van der Waals surface area contributed by atoms with Crippen LogP contribution in [0.3, 0.4) is 0 Å². The lowest BCUT2D eigenvalue weighted by atomic mass is 9.76. The minimum Gasteiger partial charge on any atom is -0.442 e. The third-order valence-electron chi connectivity index (χ3n) is 5.24. The third kappa shape index (κ3) is 3.38. The Balaban J connectivity index is 1.54. The number of halogens is 1. The second kappa shape index (κ2) is 7.31. The summed E-state index contributed by atoms with van der Waals surface area (Å²) in [5.74, 6) is 0.230. The van der Waals surface area contributed by atoms with Gasteiger partial charge < -0.3 is 4.74 Å². The highest BCUT2D eigenvalue weighted by molar-refractivity contribution is 7.85. The summed E-state index contributed by atoms with van der Waals surface area (Å²) in [5, 5.41) is 17.2. The lowest BCUT2D eigenvalue weighted by Gasteiger charge is -2.31. The Bertz CT molecular complexity index is 949. The number of amides is 1. The van der Waals surface area contributed by atoms with Gasteiger partial charge in [-0.15, -0.1) is 5.10 Å². The lowest BCUT2D eigenvalue weighted by Crippen LogP contribution is -2.34. The standard InChI is InChI=1S/C18H18FN5O3S/c19-16-9-13(1-2-15(16)18(12-20)3-7-28(26)8-4-18)24-11-14(27-17(24)25)10-23-6-5-21-22-23/h1-2,5-6,9,14H,3-4,7-8,10-11H2/t14-,18?,28?/m0/s1. The van der Waals surface area contributed by atoms with E-state index in [1.54, 1.807) is 23.0 Å². The molecule has 28 heavy (non-hydrogen) atoms. The molecule has 1 atom stereocenters. The maximum Gasteiger partial charge on any atom is 0.414 e. The average molecular weight is 403 g/mol. The normalized spacial score (nSPS) is 27.4. The molecular weight excluding hydrogens is 385 g/mol. The van der Waals surface area contributed by atoms with Crippen LogP contribution >= 0.6 is 0 Å². The maximum absolute atomic E-state index is 14.9. The molecule has 0 bridgehead atoms. The SMILES string of the molecule is N#CC1(c2ccc(N3C[C@H](Cn4ccnn4)OC3=O)cc2F)CCS(=O)CC1. The van der Waals surface area contributed by atoms with Crippen LogP contribution in [0.1, 0.15) is 18.4 Å². The zero-order valence-electron chi connectivity index (χ0n) is 15.0. The molecular formula is C18H18FN5O3S. The fraction of sp³-hybridized carbons (Fsp3) is 0.444. The van der Waals surface area contributed by atoms with Crippen molar-refractivity contribution in [3.8, 4) is 6.07 Å². The number of hydrogen-bond acceptors (Lipinski definition) is 6. The van der Waals surface area contributed by atoms with Gasteiger partial charge in [0.1, 0.15) is 11.9 Å². The molecule has 4 rings (SSSR count). The smallest absolute Gasteiger partial charge is 0.414 e. The Hall–Kier alpha value is -2.80. The minimum absolute atomic E-state index is 0.264. The van der Waals surface area contributed by atoms with Crippen molar-refractivity contribution >= 4 is 22.6 Å². The van der Waals surface area contributed by atoms with Crippen molar-refractivity contribution in [1.82, 2.24) is 15.0 Å². The van der Waals surface area contributed by atoms with Gasteiger partial charge >= 0.3 is 6.09 Å². The summed E-state index contributed by atoms with van der Waals surface area (Å²) >= 11 is 0. The molecule has 2 saturated heterocycles. The molecule has 1 aromatic carbocycles. The molecule has 146 valence electrons. The molecule has 0 unspecified atom stereocenters. The molecule has 2 aliphatic rings. The van der Waals surface area contributed by atoms with Gasteiger partial charge in [-0.25, -0.2) is 13.9 Å². The van der Waals surface area contributed by atoms with Crippen LogP contribution in [-0.2, 0) is 27.5 Å². The molecule has 0 aliphatic carbocycles. The van der Waals surface area contributed by atoms with Crippen LogP contribution in [0, 0.1) is 17.1 Å². The van der Waals surface area contributed by atoms with E-state index in [1.165, 1.54) is 17.2 Å². The highest BCUT2D eigenvalue weighted by Gasteiger charge is 2.39. The van der Waals surface area contributed by atoms with Crippen molar-refractivity contribution < 1.29 is 18.1 Å². The van der Waals surface area contributed by atoms with Gasteiger partial charge in [0.15, 0.2) is 0 Å². The van der Waals surface area contributed by atoms with E-state index >= 15 is 0 Å². The third-order valence-corrected chi connectivity index (χ3v) is 6.56.